The van der Waals surface area contributed by atoms with E-state index >= 15 is 0 Å². The fourth-order valence-electron chi connectivity index (χ4n) is 2.87. The molecule has 2 aromatic carbocycles. The number of tetrazole rings is 1. The predicted molar refractivity (Wildman–Crippen MR) is 109 cm³/mol. The van der Waals surface area contributed by atoms with E-state index in [0.29, 0.717) is 34.3 Å². The number of rotatable bonds is 7. The molecule has 1 aliphatic heterocycles. The molecule has 9 heteroatoms. The maximum Gasteiger partial charge on any atom is 0.255 e. The van der Waals surface area contributed by atoms with Crippen molar-refractivity contribution in [2.24, 2.45) is 0 Å². The van der Waals surface area contributed by atoms with Gasteiger partial charge in [0.25, 0.3) is 5.91 Å². The lowest BCUT2D eigenvalue weighted by Gasteiger charge is -2.26. The van der Waals surface area contributed by atoms with E-state index in [1.165, 1.54) is 0 Å². The van der Waals surface area contributed by atoms with Crippen molar-refractivity contribution in [1.82, 2.24) is 20.6 Å². The van der Waals surface area contributed by atoms with Crippen LogP contribution in [0.25, 0.3) is 0 Å². The number of allylic oxidation sites excluding steroid dienone is 1. The minimum Gasteiger partial charge on any atom is -0.485 e. The van der Waals surface area contributed by atoms with Gasteiger partial charge in [-0.15, -0.1) is 10.2 Å². The van der Waals surface area contributed by atoms with E-state index in [9.17, 15) is 4.79 Å². The van der Waals surface area contributed by atoms with Crippen LogP contribution in [0, 0.1) is 0 Å². The minimum absolute atomic E-state index is 0.248. The number of anilines is 1. The average Bonchev–Trinajstić information content (AvgIpc) is 3.32. The van der Waals surface area contributed by atoms with Crippen molar-refractivity contribution < 1.29 is 19.0 Å². The number of fused-ring (bicyclic) bond motifs is 1. The van der Waals surface area contributed by atoms with Gasteiger partial charge in [0, 0.05) is 5.56 Å². The zero-order valence-electron chi connectivity index (χ0n) is 16.4. The van der Waals surface area contributed by atoms with Gasteiger partial charge in [0.2, 0.25) is 5.82 Å². The number of nitrogens with one attached hydrogen (secondary N) is 2. The second-order valence-electron chi connectivity index (χ2n) is 6.58. The maximum absolute atomic E-state index is 12.7. The van der Waals surface area contributed by atoms with Crippen molar-refractivity contribution in [1.29, 1.82) is 0 Å². The Morgan fingerprint density at radius 2 is 2.17 bits per heavy atom. The van der Waals surface area contributed by atoms with E-state index < -0.39 is 6.10 Å². The number of carbonyl (C=O) groups is 1. The molecule has 0 saturated heterocycles. The van der Waals surface area contributed by atoms with Gasteiger partial charge in [-0.3, -0.25) is 4.79 Å². The van der Waals surface area contributed by atoms with Crippen LogP contribution < -0.4 is 19.5 Å². The Hall–Kier alpha value is -3.88. The number of hydrogen-bond donors (Lipinski definition) is 2. The predicted octanol–water partition coefficient (Wildman–Crippen LogP) is 3.66. The molecule has 1 unspecified atom stereocenters. The molecule has 0 fully saturated rings. The van der Waals surface area contributed by atoms with Crippen LogP contribution in [-0.4, -0.2) is 33.1 Å². The molecule has 4 rings (SSSR count). The molecule has 0 saturated carbocycles. The molecular weight excluding hydrogens is 386 g/mol. The lowest BCUT2D eigenvalue weighted by atomic mass is 10.2. The van der Waals surface area contributed by atoms with Crippen LogP contribution in [0.2, 0.25) is 0 Å². The monoisotopic (exact) mass is 407 g/mol. The summed E-state index contributed by atoms with van der Waals surface area (Å²) in [6.45, 7) is 2.35. The van der Waals surface area contributed by atoms with Crippen molar-refractivity contribution in [3.05, 3.63) is 66.2 Å². The lowest BCUT2D eigenvalue weighted by molar-refractivity contribution is 0.0856. The second kappa shape index (κ2) is 9.08. The summed E-state index contributed by atoms with van der Waals surface area (Å²) in [5.74, 6) is 1.73. The number of nitrogens with zero attached hydrogens (tertiary/aromatic N) is 3. The summed E-state index contributed by atoms with van der Waals surface area (Å²) >= 11 is 0. The van der Waals surface area contributed by atoms with Crippen LogP contribution in [0.1, 0.15) is 42.1 Å². The maximum atomic E-state index is 12.7. The Morgan fingerprint density at radius 1 is 1.30 bits per heavy atom. The number of para-hydroxylation sites is 1. The third kappa shape index (κ3) is 4.40. The highest BCUT2D eigenvalue weighted by atomic mass is 16.6. The summed E-state index contributed by atoms with van der Waals surface area (Å²) < 4.78 is 17.2. The number of amides is 1. The quantitative estimate of drug-likeness (QED) is 0.575. The van der Waals surface area contributed by atoms with Gasteiger partial charge in [-0.1, -0.05) is 24.6 Å². The first-order valence-corrected chi connectivity index (χ1v) is 9.63. The molecule has 2 heterocycles. The highest BCUT2D eigenvalue weighted by molar-refractivity contribution is 6.05. The van der Waals surface area contributed by atoms with Crippen molar-refractivity contribution in [3.8, 4) is 17.2 Å². The van der Waals surface area contributed by atoms with Crippen LogP contribution in [0.5, 0.6) is 17.2 Å². The van der Waals surface area contributed by atoms with Crippen molar-refractivity contribution in [2.75, 3.05) is 11.9 Å². The summed E-state index contributed by atoms with van der Waals surface area (Å²) in [6, 6.07) is 12.2. The standard InChI is InChI=1S/C21H21N5O4/c1-2-3-4-12-28-15-10-8-14(9-11-15)21(27)22-16-6-5-7-17-19(16)30-18(13-29-17)20-23-25-26-24-20/h4-12,18H,2-3,13H2,1H3,(H,22,27)(H,23,24,25,26)/b12-4+. The summed E-state index contributed by atoms with van der Waals surface area (Å²) in [5.41, 5.74) is 0.984. The van der Waals surface area contributed by atoms with Gasteiger partial charge in [-0.2, -0.15) is 5.21 Å². The first-order chi connectivity index (χ1) is 14.7. The summed E-state index contributed by atoms with van der Waals surface area (Å²) in [4.78, 5) is 12.7. The summed E-state index contributed by atoms with van der Waals surface area (Å²) in [7, 11) is 0. The molecule has 0 radical (unpaired) electrons. The van der Waals surface area contributed by atoms with Gasteiger partial charge >= 0.3 is 0 Å². The van der Waals surface area contributed by atoms with Gasteiger partial charge < -0.3 is 19.5 Å². The average molecular weight is 407 g/mol. The lowest BCUT2D eigenvalue weighted by Crippen LogP contribution is -2.24. The van der Waals surface area contributed by atoms with Crippen LogP contribution >= 0.6 is 0 Å². The highest BCUT2D eigenvalue weighted by Gasteiger charge is 2.28. The first kappa shape index (κ1) is 19.4. The summed E-state index contributed by atoms with van der Waals surface area (Å²) in [6.07, 6.45) is 5.12. The van der Waals surface area contributed by atoms with Gasteiger partial charge in [0.1, 0.15) is 12.4 Å². The van der Waals surface area contributed by atoms with Crippen molar-refractivity contribution in [3.63, 3.8) is 0 Å². The number of unbranched alkanes of at least 4 members (excludes halogenated alkanes) is 1. The van der Waals surface area contributed by atoms with Crippen LogP contribution in [0.4, 0.5) is 5.69 Å². The second-order valence-corrected chi connectivity index (χ2v) is 6.58. The van der Waals surface area contributed by atoms with Crippen LogP contribution in [0.3, 0.4) is 0 Å². The van der Waals surface area contributed by atoms with Gasteiger partial charge in [-0.05, 0) is 48.9 Å². The van der Waals surface area contributed by atoms with Gasteiger partial charge in [-0.25, -0.2) is 0 Å². The minimum atomic E-state index is -0.522. The molecule has 0 aliphatic carbocycles. The molecule has 9 nitrogen and oxygen atoms in total. The van der Waals surface area contributed by atoms with E-state index in [2.05, 4.69) is 32.9 Å². The Morgan fingerprint density at radius 3 is 2.93 bits per heavy atom. The molecule has 1 atom stereocenters. The molecule has 154 valence electrons. The number of hydrogen-bond acceptors (Lipinski definition) is 7. The smallest absolute Gasteiger partial charge is 0.255 e. The summed E-state index contributed by atoms with van der Waals surface area (Å²) in [5, 5.41) is 16.7. The molecule has 3 aromatic rings. The molecule has 0 spiro atoms. The first-order valence-electron chi connectivity index (χ1n) is 9.63. The number of aromatic amines is 1. The fraction of sp³-hybridized carbons (Fsp3) is 0.238. The molecular formula is C21H21N5O4. The van der Waals surface area contributed by atoms with E-state index in [1.54, 1.807) is 48.7 Å². The van der Waals surface area contributed by atoms with Gasteiger partial charge in [0.15, 0.2) is 17.6 Å². The Kier molecular flexibility index (Phi) is 5.88. The topological polar surface area (TPSA) is 111 Å². The molecule has 1 aliphatic rings. The van der Waals surface area contributed by atoms with E-state index in [-0.39, 0.29) is 12.5 Å². The number of benzene rings is 2. The van der Waals surface area contributed by atoms with Crippen LogP contribution in [-0.2, 0) is 0 Å². The Bertz CT molecular complexity index is 1020. The van der Waals surface area contributed by atoms with E-state index in [4.69, 9.17) is 14.2 Å². The van der Waals surface area contributed by atoms with E-state index in [0.717, 1.165) is 12.8 Å². The van der Waals surface area contributed by atoms with Crippen LogP contribution in [0.15, 0.2) is 54.8 Å². The normalized spacial score (nSPS) is 15.2. The van der Waals surface area contributed by atoms with Crippen molar-refractivity contribution in [2.45, 2.75) is 25.9 Å². The van der Waals surface area contributed by atoms with E-state index in [1.807, 2.05) is 6.08 Å². The SMILES string of the molecule is CCC/C=C/Oc1ccc(C(=O)Nc2cccc3c2OC(c2nn[nH]n2)CO3)cc1. The molecule has 2 N–H and O–H groups in total. The number of ether oxygens (including phenoxy) is 3. The Balaban J connectivity index is 1.45. The molecule has 30 heavy (non-hydrogen) atoms. The molecule has 1 aromatic heterocycles. The fourth-order valence-corrected chi connectivity index (χ4v) is 2.87. The zero-order valence-corrected chi connectivity index (χ0v) is 16.4. The Labute approximate surface area is 173 Å². The molecule has 0 bridgehead atoms. The zero-order chi connectivity index (χ0) is 20.8. The number of H-pyrrole nitrogens is 1. The van der Waals surface area contributed by atoms with Crippen molar-refractivity contribution >= 4 is 11.6 Å². The number of carbonyl (C=O) groups excluding carboxylic acids is 1. The largest absolute Gasteiger partial charge is 0.485 e. The highest BCUT2D eigenvalue weighted by Crippen LogP contribution is 2.41. The third-order valence-electron chi connectivity index (χ3n) is 4.40. The van der Waals surface area contributed by atoms with Gasteiger partial charge in [0.05, 0.1) is 11.9 Å². The third-order valence-corrected chi connectivity index (χ3v) is 4.40. The molecule has 1 amide bonds. The number of aromatic nitrogens is 4.